The average molecular weight is 361 g/mol. The fourth-order valence-corrected chi connectivity index (χ4v) is 3.18. The number of morpholine rings is 1. The van der Waals surface area contributed by atoms with E-state index in [1.165, 1.54) is 4.90 Å². The molecule has 2 fully saturated rings. The Balaban J connectivity index is 1.68. The SMILES string of the molecule is CCCCOc1ccc(C2(C)NC(=O)N(CN3CCOCC3)C2=O)cc1. The van der Waals surface area contributed by atoms with Crippen LogP contribution in [0.3, 0.4) is 0 Å². The molecule has 0 aromatic heterocycles. The van der Waals surface area contributed by atoms with Crippen molar-refractivity contribution in [3.63, 3.8) is 0 Å². The second-order valence-electron chi connectivity index (χ2n) is 6.89. The molecule has 2 heterocycles. The molecule has 0 spiro atoms. The van der Waals surface area contributed by atoms with Crippen molar-refractivity contribution in [2.45, 2.75) is 32.2 Å². The number of carbonyl (C=O) groups excluding carboxylic acids is 2. The van der Waals surface area contributed by atoms with Crippen LogP contribution in [0.15, 0.2) is 24.3 Å². The summed E-state index contributed by atoms with van der Waals surface area (Å²) >= 11 is 0. The molecule has 3 rings (SSSR count). The number of nitrogens with zero attached hydrogens (tertiary/aromatic N) is 2. The topological polar surface area (TPSA) is 71.1 Å². The van der Waals surface area contributed by atoms with Gasteiger partial charge in [-0.3, -0.25) is 9.69 Å². The summed E-state index contributed by atoms with van der Waals surface area (Å²) in [5.41, 5.74) is -0.297. The number of nitrogens with one attached hydrogen (secondary N) is 1. The smallest absolute Gasteiger partial charge is 0.326 e. The van der Waals surface area contributed by atoms with Crippen molar-refractivity contribution in [3.8, 4) is 5.75 Å². The standard InChI is InChI=1S/C19H27N3O4/c1-3-4-11-26-16-7-5-15(6-8-16)19(2)17(23)22(18(24)20-19)14-21-9-12-25-13-10-21/h5-8H,3-4,9-14H2,1-2H3,(H,20,24). The molecule has 7 heteroatoms. The first-order chi connectivity index (χ1) is 12.5. The number of hydrogen-bond donors (Lipinski definition) is 1. The minimum Gasteiger partial charge on any atom is -0.494 e. The van der Waals surface area contributed by atoms with Crippen molar-refractivity contribution in [1.29, 1.82) is 0 Å². The van der Waals surface area contributed by atoms with Crippen LogP contribution in [-0.2, 0) is 15.1 Å². The van der Waals surface area contributed by atoms with Gasteiger partial charge in [0.15, 0.2) is 0 Å². The molecule has 1 atom stereocenters. The molecule has 0 radical (unpaired) electrons. The Hall–Kier alpha value is -2.12. The highest BCUT2D eigenvalue weighted by Gasteiger charge is 2.49. The largest absolute Gasteiger partial charge is 0.494 e. The lowest BCUT2D eigenvalue weighted by molar-refractivity contribution is -0.133. The van der Waals surface area contributed by atoms with E-state index in [1.807, 2.05) is 24.3 Å². The molecule has 2 aliphatic rings. The fraction of sp³-hybridized carbons (Fsp3) is 0.579. The van der Waals surface area contributed by atoms with Crippen molar-refractivity contribution in [2.75, 3.05) is 39.6 Å². The minimum atomic E-state index is -1.05. The average Bonchev–Trinajstić information content (AvgIpc) is 2.87. The lowest BCUT2D eigenvalue weighted by atomic mass is 9.92. The number of carbonyl (C=O) groups is 2. The summed E-state index contributed by atoms with van der Waals surface area (Å²) in [6.45, 7) is 7.53. The lowest BCUT2D eigenvalue weighted by Gasteiger charge is -2.30. The maximum absolute atomic E-state index is 13.0. The molecule has 1 unspecified atom stereocenters. The van der Waals surface area contributed by atoms with Crippen molar-refractivity contribution >= 4 is 11.9 Å². The monoisotopic (exact) mass is 361 g/mol. The minimum absolute atomic E-state index is 0.228. The van der Waals surface area contributed by atoms with Crippen LogP contribution in [0.5, 0.6) is 5.75 Å². The third-order valence-electron chi connectivity index (χ3n) is 4.92. The van der Waals surface area contributed by atoms with Crippen molar-refractivity contribution < 1.29 is 19.1 Å². The molecular weight excluding hydrogens is 334 g/mol. The molecule has 7 nitrogen and oxygen atoms in total. The molecule has 0 saturated carbocycles. The Morgan fingerprint density at radius 3 is 2.54 bits per heavy atom. The van der Waals surface area contributed by atoms with Gasteiger partial charge in [-0.1, -0.05) is 25.5 Å². The van der Waals surface area contributed by atoms with Gasteiger partial charge in [-0.2, -0.15) is 0 Å². The zero-order chi connectivity index (χ0) is 18.6. The highest BCUT2D eigenvalue weighted by molar-refractivity contribution is 6.07. The summed E-state index contributed by atoms with van der Waals surface area (Å²) < 4.78 is 11.0. The zero-order valence-electron chi connectivity index (χ0n) is 15.5. The number of benzene rings is 1. The Labute approximate surface area is 154 Å². The van der Waals surface area contributed by atoms with E-state index < -0.39 is 5.54 Å². The third kappa shape index (κ3) is 3.83. The quantitative estimate of drug-likeness (QED) is 0.593. The molecule has 3 amide bonds. The number of rotatable bonds is 7. The highest BCUT2D eigenvalue weighted by atomic mass is 16.5. The van der Waals surface area contributed by atoms with Gasteiger partial charge in [0, 0.05) is 13.1 Å². The maximum Gasteiger partial charge on any atom is 0.326 e. The third-order valence-corrected chi connectivity index (χ3v) is 4.92. The van der Waals surface area contributed by atoms with Crippen LogP contribution in [0.25, 0.3) is 0 Å². The van der Waals surface area contributed by atoms with Crippen LogP contribution in [-0.4, -0.2) is 61.3 Å². The Bertz CT molecular complexity index is 643. The van der Waals surface area contributed by atoms with E-state index in [1.54, 1.807) is 6.92 Å². The van der Waals surface area contributed by atoms with E-state index in [-0.39, 0.29) is 11.9 Å². The number of unbranched alkanes of at least 4 members (excludes halogenated alkanes) is 1. The van der Waals surface area contributed by atoms with E-state index >= 15 is 0 Å². The van der Waals surface area contributed by atoms with Crippen LogP contribution in [0.1, 0.15) is 32.3 Å². The van der Waals surface area contributed by atoms with Crippen LogP contribution in [0.4, 0.5) is 4.79 Å². The van der Waals surface area contributed by atoms with Crippen LogP contribution >= 0.6 is 0 Å². The summed E-state index contributed by atoms with van der Waals surface area (Å²) in [7, 11) is 0. The molecule has 2 saturated heterocycles. The first kappa shape index (κ1) is 18.7. The van der Waals surface area contributed by atoms with E-state index in [0.717, 1.165) is 37.2 Å². The summed E-state index contributed by atoms with van der Waals surface area (Å²) in [6.07, 6.45) is 2.08. The van der Waals surface area contributed by atoms with Gasteiger partial charge >= 0.3 is 6.03 Å². The molecule has 1 N–H and O–H groups in total. The van der Waals surface area contributed by atoms with Crippen molar-refractivity contribution in [2.24, 2.45) is 0 Å². The number of amides is 3. The normalized spacial score (nSPS) is 24.0. The predicted molar refractivity (Wildman–Crippen MR) is 96.8 cm³/mol. The first-order valence-electron chi connectivity index (χ1n) is 9.22. The van der Waals surface area contributed by atoms with Gasteiger partial charge in [0.05, 0.1) is 26.5 Å². The highest BCUT2D eigenvalue weighted by Crippen LogP contribution is 2.30. The maximum atomic E-state index is 13.0. The molecular formula is C19H27N3O4. The van der Waals surface area contributed by atoms with Crippen molar-refractivity contribution in [3.05, 3.63) is 29.8 Å². The van der Waals surface area contributed by atoms with Crippen LogP contribution in [0.2, 0.25) is 0 Å². The van der Waals surface area contributed by atoms with E-state index in [0.29, 0.717) is 26.5 Å². The summed E-state index contributed by atoms with van der Waals surface area (Å²) in [5, 5.41) is 2.85. The first-order valence-corrected chi connectivity index (χ1v) is 9.22. The van der Waals surface area contributed by atoms with Crippen molar-refractivity contribution in [1.82, 2.24) is 15.1 Å². The second kappa shape index (κ2) is 8.05. The predicted octanol–water partition coefficient (Wildman–Crippen LogP) is 1.92. The summed E-state index contributed by atoms with van der Waals surface area (Å²) in [5.74, 6) is 0.543. The van der Waals surface area contributed by atoms with Crippen LogP contribution < -0.4 is 10.1 Å². The molecule has 0 bridgehead atoms. The summed E-state index contributed by atoms with van der Waals surface area (Å²) in [6, 6.07) is 7.03. The number of imide groups is 1. The van der Waals surface area contributed by atoms with Crippen LogP contribution in [0, 0.1) is 0 Å². The Morgan fingerprint density at radius 1 is 1.19 bits per heavy atom. The van der Waals surface area contributed by atoms with E-state index in [2.05, 4.69) is 17.1 Å². The molecule has 1 aromatic rings. The van der Waals surface area contributed by atoms with Gasteiger partial charge in [0.25, 0.3) is 5.91 Å². The van der Waals surface area contributed by atoms with E-state index in [4.69, 9.17) is 9.47 Å². The lowest BCUT2D eigenvalue weighted by Crippen LogP contribution is -2.47. The van der Waals surface area contributed by atoms with Gasteiger partial charge in [-0.25, -0.2) is 9.69 Å². The molecule has 1 aromatic carbocycles. The number of ether oxygens (including phenoxy) is 2. The van der Waals surface area contributed by atoms with Gasteiger partial charge in [0.1, 0.15) is 11.3 Å². The van der Waals surface area contributed by atoms with Gasteiger partial charge < -0.3 is 14.8 Å². The molecule has 0 aliphatic carbocycles. The Kier molecular flexibility index (Phi) is 5.78. The Morgan fingerprint density at radius 2 is 1.88 bits per heavy atom. The number of urea groups is 1. The molecule has 26 heavy (non-hydrogen) atoms. The van der Waals surface area contributed by atoms with Gasteiger partial charge in [-0.15, -0.1) is 0 Å². The molecule has 2 aliphatic heterocycles. The van der Waals surface area contributed by atoms with Gasteiger partial charge in [0.2, 0.25) is 0 Å². The fourth-order valence-electron chi connectivity index (χ4n) is 3.18. The number of hydrogen-bond acceptors (Lipinski definition) is 5. The summed E-state index contributed by atoms with van der Waals surface area (Å²) in [4.78, 5) is 28.7. The van der Waals surface area contributed by atoms with Gasteiger partial charge in [-0.05, 0) is 31.0 Å². The molecule has 142 valence electrons. The zero-order valence-corrected chi connectivity index (χ0v) is 15.5. The van der Waals surface area contributed by atoms with E-state index in [9.17, 15) is 9.59 Å². The second-order valence-corrected chi connectivity index (χ2v) is 6.89.